The molecule has 1 heterocycles. The van der Waals surface area contributed by atoms with Crippen LogP contribution in [0.1, 0.15) is 56.7 Å². The highest BCUT2D eigenvalue weighted by Crippen LogP contribution is 2.45. The lowest BCUT2D eigenvalue weighted by molar-refractivity contribution is 0.0657. The summed E-state index contributed by atoms with van der Waals surface area (Å²) < 4.78 is 5.29. The minimum absolute atomic E-state index is 0.182. The van der Waals surface area contributed by atoms with Gasteiger partial charge in [-0.15, -0.1) is 0 Å². The van der Waals surface area contributed by atoms with Crippen molar-refractivity contribution < 1.29 is 9.63 Å². The van der Waals surface area contributed by atoms with Crippen molar-refractivity contribution >= 4 is 0 Å². The summed E-state index contributed by atoms with van der Waals surface area (Å²) >= 11 is 0. The summed E-state index contributed by atoms with van der Waals surface area (Å²) in [6.07, 6.45) is 6.11. The summed E-state index contributed by atoms with van der Waals surface area (Å²) in [5.74, 6) is 3.13. The fourth-order valence-corrected chi connectivity index (χ4v) is 2.83. The zero-order valence-corrected chi connectivity index (χ0v) is 10.3. The second-order valence-corrected chi connectivity index (χ2v) is 5.68. The van der Waals surface area contributed by atoms with E-state index in [1.165, 1.54) is 12.8 Å². The van der Waals surface area contributed by atoms with Crippen molar-refractivity contribution in [2.24, 2.45) is 11.8 Å². The Morgan fingerprint density at radius 2 is 2.12 bits per heavy atom. The highest BCUT2D eigenvalue weighted by atomic mass is 16.5. The number of nitrogens with zero attached hydrogens (tertiary/aromatic N) is 2. The van der Waals surface area contributed by atoms with E-state index in [1.807, 2.05) is 0 Å². The average Bonchev–Trinajstić information content (AvgIpc) is 2.88. The fraction of sp³-hybridized carbons (Fsp3) is 0.846. The first-order chi connectivity index (χ1) is 8.24. The molecular weight excluding hydrogens is 216 g/mol. The number of aliphatic hydroxyl groups excluding tert-OH is 1. The van der Waals surface area contributed by atoms with Gasteiger partial charge in [0.05, 0.1) is 6.10 Å². The van der Waals surface area contributed by atoms with Crippen LogP contribution < -0.4 is 0 Å². The van der Waals surface area contributed by atoms with Gasteiger partial charge in [-0.2, -0.15) is 4.98 Å². The summed E-state index contributed by atoms with van der Waals surface area (Å²) in [4.78, 5) is 4.46. The van der Waals surface area contributed by atoms with Crippen molar-refractivity contribution in [2.45, 2.75) is 57.5 Å². The van der Waals surface area contributed by atoms with Gasteiger partial charge >= 0.3 is 0 Å². The molecule has 94 valence electrons. The molecule has 1 aromatic rings. The molecule has 0 spiro atoms. The molecule has 0 bridgehead atoms. The minimum atomic E-state index is -0.182. The van der Waals surface area contributed by atoms with Crippen LogP contribution >= 0.6 is 0 Å². The highest BCUT2D eigenvalue weighted by Gasteiger charge is 2.38. The molecule has 0 aliphatic heterocycles. The predicted octanol–water partition coefficient (Wildman–Crippen LogP) is 2.29. The average molecular weight is 236 g/mol. The maximum Gasteiger partial charge on any atom is 0.227 e. The van der Waals surface area contributed by atoms with Crippen LogP contribution in [-0.4, -0.2) is 21.4 Å². The van der Waals surface area contributed by atoms with Crippen molar-refractivity contribution in [1.82, 2.24) is 10.1 Å². The summed E-state index contributed by atoms with van der Waals surface area (Å²) in [5, 5.41) is 14.0. The van der Waals surface area contributed by atoms with E-state index in [2.05, 4.69) is 17.1 Å². The molecule has 2 aliphatic carbocycles. The number of hydrogen-bond acceptors (Lipinski definition) is 4. The first-order valence-corrected chi connectivity index (χ1v) is 6.74. The van der Waals surface area contributed by atoms with E-state index in [0.717, 1.165) is 31.5 Å². The molecule has 0 aromatic carbocycles. The fourth-order valence-electron chi connectivity index (χ4n) is 2.83. The van der Waals surface area contributed by atoms with Crippen molar-refractivity contribution in [3.8, 4) is 0 Å². The van der Waals surface area contributed by atoms with Gasteiger partial charge in [0.25, 0.3) is 0 Å². The van der Waals surface area contributed by atoms with Crippen molar-refractivity contribution in [3.63, 3.8) is 0 Å². The number of aromatic nitrogens is 2. The maximum absolute atomic E-state index is 9.91. The van der Waals surface area contributed by atoms with Crippen LogP contribution in [0.5, 0.6) is 0 Å². The standard InChI is InChI=1S/C13H20N2O2/c1-8-6-10(8)13-14-12(17-15-13)7-9-4-2-3-5-11(9)16/h8-11,16H,2-7H2,1H3. The Labute approximate surface area is 101 Å². The molecule has 2 saturated carbocycles. The molecule has 1 N–H and O–H groups in total. The first-order valence-electron chi connectivity index (χ1n) is 6.74. The van der Waals surface area contributed by atoms with Gasteiger partial charge in [0.2, 0.25) is 5.89 Å². The summed E-state index contributed by atoms with van der Waals surface area (Å²) in [6.45, 7) is 2.21. The van der Waals surface area contributed by atoms with E-state index in [9.17, 15) is 5.11 Å². The van der Waals surface area contributed by atoms with E-state index >= 15 is 0 Å². The van der Waals surface area contributed by atoms with E-state index in [-0.39, 0.29) is 6.10 Å². The lowest BCUT2D eigenvalue weighted by Crippen LogP contribution is -2.26. The van der Waals surface area contributed by atoms with Crippen molar-refractivity contribution in [3.05, 3.63) is 11.7 Å². The minimum Gasteiger partial charge on any atom is -0.393 e. The Morgan fingerprint density at radius 3 is 2.82 bits per heavy atom. The molecular formula is C13H20N2O2. The third-order valence-electron chi connectivity index (χ3n) is 4.23. The van der Waals surface area contributed by atoms with Crippen LogP contribution in [0.2, 0.25) is 0 Å². The molecule has 1 aromatic heterocycles. The van der Waals surface area contributed by atoms with E-state index in [4.69, 9.17) is 4.52 Å². The van der Waals surface area contributed by atoms with Gasteiger partial charge in [-0.3, -0.25) is 0 Å². The molecule has 4 atom stereocenters. The van der Waals surface area contributed by atoms with Crippen molar-refractivity contribution in [2.75, 3.05) is 0 Å². The van der Waals surface area contributed by atoms with Crippen LogP contribution in [0.15, 0.2) is 4.52 Å². The Hall–Kier alpha value is -0.900. The number of rotatable bonds is 3. The van der Waals surface area contributed by atoms with E-state index < -0.39 is 0 Å². The Morgan fingerprint density at radius 1 is 1.35 bits per heavy atom. The SMILES string of the molecule is CC1CC1c1noc(CC2CCCCC2O)n1. The smallest absolute Gasteiger partial charge is 0.227 e. The predicted molar refractivity (Wildman–Crippen MR) is 62.5 cm³/mol. The Balaban J connectivity index is 1.62. The van der Waals surface area contributed by atoms with Gasteiger partial charge in [-0.05, 0) is 31.1 Å². The normalized spacial score (nSPS) is 37.1. The van der Waals surface area contributed by atoms with Gasteiger partial charge in [0.15, 0.2) is 5.82 Å². The van der Waals surface area contributed by atoms with Crippen LogP contribution in [0.3, 0.4) is 0 Å². The Kier molecular flexibility index (Phi) is 2.90. The maximum atomic E-state index is 9.91. The monoisotopic (exact) mass is 236 g/mol. The van der Waals surface area contributed by atoms with Gasteiger partial charge in [-0.1, -0.05) is 24.9 Å². The van der Waals surface area contributed by atoms with Crippen molar-refractivity contribution in [1.29, 1.82) is 0 Å². The van der Waals surface area contributed by atoms with Crippen LogP contribution in [0, 0.1) is 11.8 Å². The van der Waals surface area contributed by atoms with Crippen LogP contribution in [0.25, 0.3) is 0 Å². The highest BCUT2D eigenvalue weighted by molar-refractivity contribution is 5.07. The van der Waals surface area contributed by atoms with Gasteiger partial charge < -0.3 is 9.63 Å². The molecule has 17 heavy (non-hydrogen) atoms. The molecule has 4 heteroatoms. The zero-order valence-electron chi connectivity index (χ0n) is 10.3. The molecule has 0 radical (unpaired) electrons. The molecule has 4 unspecified atom stereocenters. The second-order valence-electron chi connectivity index (χ2n) is 5.68. The third kappa shape index (κ3) is 2.37. The first kappa shape index (κ1) is 11.2. The lowest BCUT2D eigenvalue weighted by Gasteiger charge is -2.26. The van der Waals surface area contributed by atoms with Gasteiger partial charge in [-0.25, -0.2) is 0 Å². The summed E-state index contributed by atoms with van der Waals surface area (Å²) in [6, 6.07) is 0. The topological polar surface area (TPSA) is 59.2 Å². The van der Waals surface area contributed by atoms with E-state index in [1.54, 1.807) is 0 Å². The molecule has 2 aliphatic rings. The van der Waals surface area contributed by atoms with Gasteiger partial charge in [0, 0.05) is 12.3 Å². The van der Waals surface area contributed by atoms with Crippen LogP contribution in [0.4, 0.5) is 0 Å². The van der Waals surface area contributed by atoms with Crippen LogP contribution in [-0.2, 0) is 6.42 Å². The quantitative estimate of drug-likeness (QED) is 0.874. The van der Waals surface area contributed by atoms with Gasteiger partial charge in [0.1, 0.15) is 0 Å². The Bertz CT molecular complexity index is 391. The molecule has 3 rings (SSSR count). The molecule has 2 fully saturated rings. The lowest BCUT2D eigenvalue weighted by atomic mass is 9.84. The number of aliphatic hydroxyl groups is 1. The van der Waals surface area contributed by atoms with E-state index in [0.29, 0.717) is 23.6 Å². The molecule has 4 nitrogen and oxygen atoms in total. The molecule has 0 saturated heterocycles. The second kappa shape index (κ2) is 4.41. The summed E-state index contributed by atoms with van der Waals surface area (Å²) in [5.41, 5.74) is 0. The largest absolute Gasteiger partial charge is 0.393 e. The summed E-state index contributed by atoms with van der Waals surface area (Å²) in [7, 11) is 0. The third-order valence-corrected chi connectivity index (χ3v) is 4.23. The zero-order chi connectivity index (χ0) is 11.8. The number of hydrogen-bond donors (Lipinski definition) is 1. The molecule has 0 amide bonds.